The number of rotatable bonds is 21. The molecule has 0 heterocycles. The van der Waals surface area contributed by atoms with Crippen LogP contribution in [-0.4, -0.2) is 0 Å². The zero-order chi connectivity index (χ0) is 19.1. The third-order valence-corrected chi connectivity index (χ3v) is 5.69. The highest BCUT2D eigenvalue weighted by molar-refractivity contribution is 5.01. The monoisotopic (exact) mass is 364 g/mol. The third-order valence-electron chi connectivity index (χ3n) is 5.69. The first-order valence-electron chi connectivity index (χ1n) is 12.5. The maximum absolute atomic E-state index is 2.64. The molecule has 0 saturated heterocycles. The fourth-order valence-corrected chi connectivity index (χ4v) is 3.82. The molecule has 0 nitrogen and oxygen atoms in total. The molecule has 0 spiro atoms. The van der Waals surface area contributed by atoms with Gasteiger partial charge in [0.05, 0.1) is 0 Å². The molecule has 0 rings (SSSR count). The van der Waals surface area contributed by atoms with Crippen molar-refractivity contribution in [3.63, 3.8) is 0 Å². The van der Waals surface area contributed by atoms with Gasteiger partial charge in [0.2, 0.25) is 0 Å². The van der Waals surface area contributed by atoms with Crippen LogP contribution in [0.5, 0.6) is 0 Å². The molecule has 0 unspecified atom stereocenters. The fourth-order valence-electron chi connectivity index (χ4n) is 3.82. The van der Waals surface area contributed by atoms with Crippen molar-refractivity contribution < 1.29 is 0 Å². The predicted octanol–water partition coefficient (Wildman–Crippen LogP) is 10.2. The fraction of sp³-hybridized carbons (Fsp3) is 0.923. The van der Waals surface area contributed by atoms with E-state index in [4.69, 9.17) is 0 Å². The molecular weight excluding hydrogens is 312 g/mol. The quantitative estimate of drug-likeness (QED) is 0.140. The molecule has 0 aliphatic heterocycles. The van der Waals surface area contributed by atoms with Crippen molar-refractivity contribution >= 4 is 0 Å². The van der Waals surface area contributed by atoms with Gasteiger partial charge < -0.3 is 0 Å². The highest BCUT2D eigenvalue weighted by Gasteiger charge is 2.00. The molecule has 0 atom stereocenters. The second kappa shape index (κ2) is 22.8. The minimum Gasteiger partial charge on any atom is -0.0853 e. The van der Waals surface area contributed by atoms with Gasteiger partial charge in [-0.2, -0.15) is 0 Å². The summed E-state index contributed by atoms with van der Waals surface area (Å²) in [4.78, 5) is 0. The Morgan fingerprint density at radius 1 is 0.423 bits per heavy atom. The summed E-state index contributed by atoms with van der Waals surface area (Å²) in [6, 6.07) is 0. The Kier molecular flexibility index (Phi) is 22.6. The number of allylic oxidation sites excluding steroid dienone is 2. The molecule has 0 amide bonds. The van der Waals surface area contributed by atoms with Crippen LogP contribution in [0.1, 0.15) is 156 Å². The lowest BCUT2D eigenvalue weighted by Crippen LogP contribution is -1.89. The predicted molar refractivity (Wildman–Crippen MR) is 122 cm³/mol. The summed E-state index contributed by atoms with van der Waals surface area (Å²) in [5.41, 5.74) is 1.80. The van der Waals surface area contributed by atoms with E-state index in [0.717, 1.165) is 0 Å². The lowest BCUT2D eigenvalue weighted by molar-refractivity contribution is 0.580. The highest BCUT2D eigenvalue weighted by Crippen LogP contribution is 2.20. The second-order valence-electron chi connectivity index (χ2n) is 8.45. The van der Waals surface area contributed by atoms with E-state index in [1.165, 1.54) is 135 Å². The zero-order valence-corrected chi connectivity index (χ0v) is 18.9. The molecule has 156 valence electrons. The molecule has 0 fully saturated rings. The summed E-state index contributed by atoms with van der Waals surface area (Å²) in [7, 11) is 0. The van der Waals surface area contributed by atoms with Crippen LogP contribution in [-0.2, 0) is 0 Å². The molecule has 0 heteroatoms. The van der Waals surface area contributed by atoms with E-state index in [0.29, 0.717) is 0 Å². The Morgan fingerprint density at radius 2 is 0.769 bits per heavy atom. The molecule has 0 aliphatic rings. The number of hydrogen-bond donors (Lipinski definition) is 0. The zero-order valence-electron chi connectivity index (χ0n) is 18.9. The lowest BCUT2D eigenvalue weighted by atomic mass is 9.98. The van der Waals surface area contributed by atoms with Gasteiger partial charge in [0, 0.05) is 0 Å². The van der Waals surface area contributed by atoms with Crippen molar-refractivity contribution in [1.29, 1.82) is 0 Å². The van der Waals surface area contributed by atoms with Crippen LogP contribution in [0.25, 0.3) is 0 Å². The Balaban J connectivity index is 3.91. The van der Waals surface area contributed by atoms with Crippen molar-refractivity contribution in [3.8, 4) is 0 Å². The van der Waals surface area contributed by atoms with Gasteiger partial charge in [-0.3, -0.25) is 0 Å². The summed E-state index contributed by atoms with van der Waals surface area (Å²) >= 11 is 0. The molecule has 0 bridgehead atoms. The summed E-state index contributed by atoms with van der Waals surface area (Å²) in [5.74, 6) is 0. The van der Waals surface area contributed by atoms with Crippen molar-refractivity contribution in [2.45, 2.75) is 156 Å². The average molecular weight is 365 g/mol. The van der Waals surface area contributed by atoms with E-state index in [-0.39, 0.29) is 0 Å². The van der Waals surface area contributed by atoms with Gasteiger partial charge >= 0.3 is 0 Å². The molecular formula is C26H52. The van der Waals surface area contributed by atoms with Crippen LogP contribution in [0.3, 0.4) is 0 Å². The minimum atomic E-state index is 1.34. The minimum absolute atomic E-state index is 1.34. The average Bonchev–Trinajstić information content (AvgIpc) is 2.65. The van der Waals surface area contributed by atoms with E-state index in [1.54, 1.807) is 5.57 Å². The largest absolute Gasteiger partial charge is 0.0853 e. The molecule has 0 aromatic heterocycles. The van der Waals surface area contributed by atoms with Crippen LogP contribution in [0.2, 0.25) is 0 Å². The highest BCUT2D eigenvalue weighted by atomic mass is 14.1. The summed E-state index contributed by atoms with van der Waals surface area (Å²) < 4.78 is 0. The van der Waals surface area contributed by atoms with Crippen molar-refractivity contribution in [2.75, 3.05) is 0 Å². The van der Waals surface area contributed by atoms with Crippen molar-refractivity contribution in [3.05, 3.63) is 11.6 Å². The van der Waals surface area contributed by atoms with Crippen LogP contribution >= 0.6 is 0 Å². The normalized spacial score (nSPS) is 11.0. The van der Waals surface area contributed by atoms with Gasteiger partial charge in [-0.15, -0.1) is 0 Å². The van der Waals surface area contributed by atoms with Crippen LogP contribution in [0, 0.1) is 0 Å². The summed E-state index contributed by atoms with van der Waals surface area (Å²) in [6.45, 7) is 6.92. The van der Waals surface area contributed by atoms with Crippen molar-refractivity contribution in [2.24, 2.45) is 0 Å². The van der Waals surface area contributed by atoms with Gasteiger partial charge in [-0.1, -0.05) is 129 Å². The standard InChI is InChI=1S/C26H52/c1-4-7-10-13-16-19-22-25-26(23-20-17-14-11-8-5-2)24-21-18-15-12-9-6-3/h25H,4-24H2,1-3H3. The van der Waals surface area contributed by atoms with Gasteiger partial charge in [-0.05, 0) is 38.5 Å². The summed E-state index contributed by atoms with van der Waals surface area (Å²) in [5, 5.41) is 0. The topological polar surface area (TPSA) is 0 Å². The van der Waals surface area contributed by atoms with Crippen LogP contribution < -0.4 is 0 Å². The van der Waals surface area contributed by atoms with E-state index in [1.807, 2.05) is 0 Å². The first-order valence-corrected chi connectivity index (χ1v) is 12.5. The van der Waals surface area contributed by atoms with Gasteiger partial charge in [0.25, 0.3) is 0 Å². The molecule has 26 heavy (non-hydrogen) atoms. The Labute approximate surface area is 167 Å². The first kappa shape index (κ1) is 25.7. The molecule has 0 saturated carbocycles. The van der Waals surface area contributed by atoms with E-state index in [9.17, 15) is 0 Å². The second-order valence-corrected chi connectivity index (χ2v) is 8.45. The molecule has 0 aromatic carbocycles. The van der Waals surface area contributed by atoms with E-state index >= 15 is 0 Å². The van der Waals surface area contributed by atoms with Crippen molar-refractivity contribution in [1.82, 2.24) is 0 Å². The SMILES string of the molecule is CCCCCCCCC=C(CCCCCCCC)CCCCCCCC. The van der Waals surface area contributed by atoms with Crippen LogP contribution in [0.15, 0.2) is 11.6 Å². The van der Waals surface area contributed by atoms with Gasteiger partial charge in [-0.25, -0.2) is 0 Å². The first-order chi connectivity index (χ1) is 12.8. The number of hydrogen-bond acceptors (Lipinski definition) is 0. The van der Waals surface area contributed by atoms with E-state index < -0.39 is 0 Å². The maximum atomic E-state index is 2.64. The van der Waals surface area contributed by atoms with Gasteiger partial charge in [0.15, 0.2) is 0 Å². The maximum Gasteiger partial charge on any atom is -0.0320 e. The van der Waals surface area contributed by atoms with E-state index in [2.05, 4.69) is 26.8 Å². The smallest absolute Gasteiger partial charge is 0.0320 e. The third kappa shape index (κ3) is 20.1. The van der Waals surface area contributed by atoms with Crippen LogP contribution in [0.4, 0.5) is 0 Å². The van der Waals surface area contributed by atoms with Gasteiger partial charge in [0.1, 0.15) is 0 Å². The molecule has 0 aliphatic carbocycles. The Morgan fingerprint density at radius 3 is 1.19 bits per heavy atom. The summed E-state index contributed by atoms with van der Waals surface area (Å²) in [6.07, 6.45) is 32.4. The Hall–Kier alpha value is -0.260. The molecule has 0 N–H and O–H groups in total. The Bertz CT molecular complexity index is 258. The molecule has 0 radical (unpaired) electrons. The number of unbranched alkanes of at least 4 members (excludes halogenated alkanes) is 16. The molecule has 0 aromatic rings. The lowest BCUT2D eigenvalue weighted by Gasteiger charge is -2.09.